The number of benzene rings is 1. The lowest BCUT2D eigenvalue weighted by Gasteiger charge is -2.48. The molecule has 244 valence electrons. The van der Waals surface area contributed by atoms with Crippen molar-refractivity contribution < 1.29 is 28.9 Å². The van der Waals surface area contributed by atoms with Crippen LogP contribution in [0.1, 0.15) is 76.5 Å². The molecule has 3 N–H and O–H groups in total. The molecule has 10 nitrogen and oxygen atoms in total. The number of hydrogen-bond acceptors (Lipinski definition) is 8. The Morgan fingerprint density at radius 1 is 1.02 bits per heavy atom. The average Bonchev–Trinajstić information content (AvgIpc) is 3.25. The highest BCUT2D eigenvalue weighted by Gasteiger charge is 2.45. The van der Waals surface area contributed by atoms with E-state index >= 15 is 0 Å². The van der Waals surface area contributed by atoms with E-state index in [0.717, 1.165) is 42.4 Å². The van der Waals surface area contributed by atoms with Crippen LogP contribution in [0.25, 0.3) is 11.1 Å². The van der Waals surface area contributed by atoms with Crippen molar-refractivity contribution in [3.63, 3.8) is 0 Å². The van der Waals surface area contributed by atoms with Crippen LogP contribution in [0.4, 0.5) is 5.69 Å². The summed E-state index contributed by atoms with van der Waals surface area (Å²) in [7, 11) is 4.69. The van der Waals surface area contributed by atoms with E-state index in [0.29, 0.717) is 60.9 Å². The van der Waals surface area contributed by atoms with Gasteiger partial charge in [-0.25, -0.2) is 0 Å². The van der Waals surface area contributed by atoms with Gasteiger partial charge in [-0.1, -0.05) is 32.8 Å². The van der Waals surface area contributed by atoms with Gasteiger partial charge in [-0.2, -0.15) is 0 Å². The molecule has 0 spiro atoms. The first-order chi connectivity index (χ1) is 21.5. The van der Waals surface area contributed by atoms with Gasteiger partial charge in [0.2, 0.25) is 23.0 Å². The van der Waals surface area contributed by atoms with Gasteiger partial charge in [-0.15, -0.1) is 0 Å². The molecule has 2 unspecified atom stereocenters. The Kier molecular flexibility index (Phi) is 9.63. The number of carbonyl (C=O) groups excluding carboxylic acids is 2. The van der Waals surface area contributed by atoms with Crippen molar-refractivity contribution in [2.45, 2.75) is 83.4 Å². The van der Waals surface area contributed by atoms with Crippen LogP contribution in [0.15, 0.2) is 29.1 Å². The van der Waals surface area contributed by atoms with Gasteiger partial charge in [0.05, 0.1) is 38.7 Å². The summed E-state index contributed by atoms with van der Waals surface area (Å²) >= 11 is 0. The van der Waals surface area contributed by atoms with Gasteiger partial charge >= 0.3 is 0 Å². The molecular weight excluding hydrogens is 574 g/mol. The first-order valence-corrected chi connectivity index (χ1v) is 16.1. The molecule has 4 atom stereocenters. The molecule has 0 radical (unpaired) electrons. The van der Waals surface area contributed by atoms with Gasteiger partial charge in [0.1, 0.15) is 6.04 Å². The number of nitrogens with one attached hydrogen (secondary N) is 2. The number of piperidine rings is 1. The molecular formula is C35H47N3O7. The average molecular weight is 622 g/mol. The lowest BCUT2D eigenvalue weighted by molar-refractivity contribution is -0.145. The van der Waals surface area contributed by atoms with Crippen LogP contribution >= 0.6 is 0 Å². The molecule has 10 heteroatoms. The predicted octanol–water partition coefficient (Wildman–Crippen LogP) is 4.45. The zero-order chi connectivity index (χ0) is 32.5. The molecule has 2 amide bonds. The standard InChI is InChI=1S/C35H47N3O7/c1-20(2)31(34(41)38-16-15-35(42)14-8-7-9-23(35)19-38)37-27-13-11-24-25(18-28(27)40)26(36-21(3)39)12-10-22-17-29(43-4)32(44-5)33(45-6)30(22)24/h11,13,17-18,20,23,26,31,42H,7-10,12,14-16,19H2,1-6H3,(H,36,39)(H,37,40)/t23?,26-,31-,35?/m1/s1. The predicted molar refractivity (Wildman–Crippen MR) is 173 cm³/mol. The summed E-state index contributed by atoms with van der Waals surface area (Å²) in [5.74, 6) is 1.16. The van der Waals surface area contributed by atoms with Gasteiger partial charge in [-0.3, -0.25) is 14.4 Å². The quantitative estimate of drug-likeness (QED) is 0.395. The monoisotopic (exact) mass is 621 g/mol. The minimum absolute atomic E-state index is 0.0648. The van der Waals surface area contributed by atoms with E-state index in [1.165, 1.54) is 6.92 Å². The molecule has 0 aromatic heterocycles. The summed E-state index contributed by atoms with van der Waals surface area (Å²) in [6.45, 7) is 6.42. The van der Waals surface area contributed by atoms with Gasteiger partial charge < -0.3 is 34.9 Å². The molecule has 45 heavy (non-hydrogen) atoms. The second kappa shape index (κ2) is 13.3. The van der Waals surface area contributed by atoms with Crippen LogP contribution in [-0.4, -0.2) is 67.9 Å². The van der Waals surface area contributed by atoms with Crippen molar-refractivity contribution in [1.82, 2.24) is 10.2 Å². The maximum Gasteiger partial charge on any atom is 0.245 e. The van der Waals surface area contributed by atoms with E-state index < -0.39 is 17.7 Å². The Morgan fingerprint density at radius 2 is 1.78 bits per heavy atom. The van der Waals surface area contributed by atoms with Crippen molar-refractivity contribution in [2.24, 2.45) is 11.8 Å². The maximum absolute atomic E-state index is 14.0. The van der Waals surface area contributed by atoms with Crippen LogP contribution in [0.2, 0.25) is 0 Å². The highest BCUT2D eigenvalue weighted by atomic mass is 16.5. The normalized spacial score (nSPS) is 23.1. The molecule has 1 saturated heterocycles. The number of carbonyl (C=O) groups is 2. The molecule has 1 saturated carbocycles. The molecule has 1 heterocycles. The molecule has 0 bridgehead atoms. The molecule has 2 aromatic rings. The lowest BCUT2D eigenvalue weighted by Crippen LogP contribution is -2.57. The third kappa shape index (κ3) is 6.34. The number of aliphatic hydroxyl groups is 1. The molecule has 3 aliphatic rings. The second-order valence-corrected chi connectivity index (χ2v) is 13.0. The Morgan fingerprint density at radius 3 is 2.44 bits per heavy atom. The zero-order valence-corrected chi connectivity index (χ0v) is 27.3. The Labute approximate surface area is 265 Å². The van der Waals surface area contributed by atoms with E-state index in [4.69, 9.17) is 14.2 Å². The highest BCUT2D eigenvalue weighted by Crippen LogP contribution is 2.50. The summed E-state index contributed by atoms with van der Waals surface area (Å²) in [6, 6.07) is 6.00. The van der Waals surface area contributed by atoms with E-state index in [2.05, 4.69) is 10.6 Å². The van der Waals surface area contributed by atoms with Crippen molar-refractivity contribution >= 4 is 17.5 Å². The summed E-state index contributed by atoms with van der Waals surface area (Å²) in [4.78, 5) is 42.0. The van der Waals surface area contributed by atoms with Crippen LogP contribution in [0, 0.1) is 11.8 Å². The number of rotatable bonds is 8. The van der Waals surface area contributed by atoms with Gasteiger partial charge in [-0.05, 0) is 72.9 Å². The van der Waals surface area contributed by atoms with Crippen molar-refractivity contribution in [3.05, 3.63) is 45.6 Å². The number of aryl methyl sites for hydroxylation is 1. The third-order valence-electron chi connectivity index (χ3n) is 9.90. The van der Waals surface area contributed by atoms with Crippen molar-refractivity contribution in [2.75, 3.05) is 39.7 Å². The van der Waals surface area contributed by atoms with Gasteiger partial charge in [0.15, 0.2) is 11.5 Å². The van der Waals surface area contributed by atoms with Crippen molar-refractivity contribution in [1.29, 1.82) is 0 Å². The fourth-order valence-electron chi connectivity index (χ4n) is 7.48. The number of ether oxygens (including phenoxy) is 3. The summed E-state index contributed by atoms with van der Waals surface area (Å²) in [6.07, 6.45) is 5.54. The summed E-state index contributed by atoms with van der Waals surface area (Å²) < 4.78 is 17.2. The third-order valence-corrected chi connectivity index (χ3v) is 9.90. The van der Waals surface area contributed by atoms with Gasteiger partial charge in [0, 0.05) is 31.5 Å². The number of nitrogens with zero attached hydrogens (tertiary/aromatic N) is 1. The van der Waals surface area contributed by atoms with E-state index in [1.807, 2.05) is 30.9 Å². The molecule has 5 rings (SSSR count). The van der Waals surface area contributed by atoms with Crippen molar-refractivity contribution in [3.8, 4) is 28.4 Å². The lowest BCUT2D eigenvalue weighted by atomic mass is 9.71. The number of amides is 2. The summed E-state index contributed by atoms with van der Waals surface area (Å²) in [5, 5.41) is 17.5. The highest BCUT2D eigenvalue weighted by molar-refractivity contribution is 5.86. The second-order valence-electron chi connectivity index (χ2n) is 13.0. The SMILES string of the molecule is COc1cc2c(c(OC)c1OC)-c1ccc(N[C@@H](C(=O)N3CCC4(O)CCCCC4C3)C(C)C)c(=O)cc1[C@H](NC(C)=O)CC2. The fourth-order valence-corrected chi connectivity index (χ4v) is 7.48. The molecule has 2 fully saturated rings. The van der Waals surface area contributed by atoms with Crippen LogP contribution in [0.3, 0.4) is 0 Å². The van der Waals surface area contributed by atoms with E-state index in [9.17, 15) is 19.5 Å². The first-order valence-electron chi connectivity index (χ1n) is 16.1. The fraction of sp³-hybridized carbons (Fsp3) is 0.571. The summed E-state index contributed by atoms with van der Waals surface area (Å²) in [5.41, 5.74) is 2.42. The van der Waals surface area contributed by atoms with Crippen LogP contribution in [0.5, 0.6) is 17.2 Å². The minimum atomic E-state index is -0.683. The number of methoxy groups -OCH3 is 3. The largest absolute Gasteiger partial charge is 0.493 e. The smallest absolute Gasteiger partial charge is 0.245 e. The van der Waals surface area contributed by atoms with E-state index in [1.54, 1.807) is 33.5 Å². The number of hydrogen-bond donors (Lipinski definition) is 3. The molecule has 2 aromatic carbocycles. The van der Waals surface area contributed by atoms with Crippen LogP contribution in [-0.2, 0) is 16.0 Å². The number of anilines is 1. The zero-order valence-electron chi connectivity index (χ0n) is 27.3. The molecule has 2 aliphatic carbocycles. The molecule has 1 aliphatic heterocycles. The number of likely N-dealkylation sites (tertiary alicyclic amines) is 1. The van der Waals surface area contributed by atoms with Crippen LogP contribution < -0.4 is 30.3 Å². The van der Waals surface area contributed by atoms with E-state index in [-0.39, 0.29) is 29.1 Å². The van der Waals surface area contributed by atoms with Gasteiger partial charge in [0.25, 0.3) is 0 Å². The Bertz CT molecular complexity index is 1510. The maximum atomic E-state index is 14.0. The topological polar surface area (TPSA) is 126 Å². The first kappa shape index (κ1) is 32.6. The Hall–Kier alpha value is -3.79. The minimum Gasteiger partial charge on any atom is -0.493 e. The number of fused-ring (bicyclic) bond motifs is 4. The Balaban J connectivity index is 1.56.